The number of carbonyl (C=O) groups excluding carboxylic acids is 1. The lowest BCUT2D eigenvalue weighted by molar-refractivity contribution is -0.122. The Morgan fingerprint density at radius 2 is 2.09 bits per heavy atom. The second-order valence-corrected chi connectivity index (χ2v) is 6.33. The first-order valence-corrected chi connectivity index (χ1v) is 7.96. The molecule has 0 aromatic rings. The van der Waals surface area contributed by atoms with Gasteiger partial charge in [-0.1, -0.05) is 50.2 Å². The van der Waals surface area contributed by atoms with Crippen LogP contribution in [-0.2, 0) is 14.5 Å². The van der Waals surface area contributed by atoms with E-state index in [9.17, 15) is 4.79 Å². The molecule has 22 heavy (non-hydrogen) atoms. The Hall–Kier alpha value is -1.65. The van der Waals surface area contributed by atoms with Gasteiger partial charge in [0.05, 0.1) is 11.4 Å². The monoisotopic (exact) mass is 308 g/mol. The van der Waals surface area contributed by atoms with Crippen LogP contribution >= 0.6 is 0 Å². The van der Waals surface area contributed by atoms with Crippen molar-refractivity contribution in [1.29, 1.82) is 0 Å². The van der Waals surface area contributed by atoms with Crippen LogP contribution in [0, 0.1) is 11.3 Å². The summed E-state index contributed by atoms with van der Waals surface area (Å²) >= 11 is 0. The molecule has 5 nitrogen and oxygen atoms in total. The minimum atomic E-state index is -0.413. The fourth-order valence-electron chi connectivity index (χ4n) is 2.70. The number of oxime groups is 2. The van der Waals surface area contributed by atoms with Crippen molar-refractivity contribution < 1.29 is 14.5 Å². The molecular formula is C17H28N2O3. The third-order valence-corrected chi connectivity index (χ3v) is 3.49. The van der Waals surface area contributed by atoms with E-state index in [0.29, 0.717) is 26.1 Å². The molecule has 1 saturated carbocycles. The molecule has 0 spiro atoms. The van der Waals surface area contributed by atoms with Gasteiger partial charge >= 0.3 is 0 Å². The fraction of sp³-hybridized carbons (Fsp3) is 0.706. The van der Waals surface area contributed by atoms with Gasteiger partial charge in [-0.15, -0.1) is 0 Å². The van der Waals surface area contributed by atoms with E-state index in [1.165, 1.54) is 0 Å². The maximum absolute atomic E-state index is 12.6. The molecule has 0 bridgehead atoms. The Balaban J connectivity index is 3.08. The van der Waals surface area contributed by atoms with Crippen molar-refractivity contribution in [2.75, 3.05) is 13.2 Å². The van der Waals surface area contributed by atoms with E-state index in [-0.39, 0.29) is 11.2 Å². The minimum Gasteiger partial charge on any atom is -0.396 e. The molecule has 0 radical (unpaired) electrons. The summed E-state index contributed by atoms with van der Waals surface area (Å²) in [7, 11) is 0. The summed E-state index contributed by atoms with van der Waals surface area (Å²) < 4.78 is 0. The molecule has 1 aliphatic rings. The van der Waals surface area contributed by atoms with Crippen LogP contribution in [0.1, 0.15) is 53.4 Å². The molecule has 1 atom stereocenters. The van der Waals surface area contributed by atoms with Crippen molar-refractivity contribution in [2.24, 2.45) is 21.6 Å². The number of Topliss-reactive ketones (excluding diaryl/α,β-unsaturated/α-hetero) is 1. The molecule has 0 saturated heterocycles. The summed E-state index contributed by atoms with van der Waals surface area (Å²) in [6.45, 7) is 12.5. The normalized spacial score (nSPS) is 23.5. The van der Waals surface area contributed by atoms with Crippen molar-refractivity contribution in [2.45, 2.75) is 53.4 Å². The molecule has 0 aliphatic heterocycles. The maximum atomic E-state index is 12.6. The molecule has 0 N–H and O–H groups in total. The van der Waals surface area contributed by atoms with Crippen LogP contribution in [0.5, 0.6) is 0 Å². The first kappa shape index (κ1) is 18.4. The Morgan fingerprint density at radius 3 is 2.68 bits per heavy atom. The van der Waals surface area contributed by atoms with Gasteiger partial charge in [-0.2, -0.15) is 0 Å². The molecule has 0 aromatic heterocycles. The zero-order chi connectivity index (χ0) is 16.6. The highest BCUT2D eigenvalue weighted by atomic mass is 16.6. The van der Waals surface area contributed by atoms with Gasteiger partial charge in [-0.25, -0.2) is 0 Å². The Bertz CT molecular complexity index is 453. The highest BCUT2D eigenvalue weighted by molar-refractivity contribution is 6.23. The summed E-state index contributed by atoms with van der Waals surface area (Å²) in [5, 5.41) is 8.37. The van der Waals surface area contributed by atoms with E-state index in [4.69, 9.17) is 9.68 Å². The molecule has 1 unspecified atom stereocenters. The minimum absolute atomic E-state index is 0.0944. The molecule has 1 rings (SSSR count). The maximum Gasteiger partial charge on any atom is 0.148 e. The van der Waals surface area contributed by atoms with Gasteiger partial charge < -0.3 is 9.68 Å². The van der Waals surface area contributed by atoms with Gasteiger partial charge in [0.25, 0.3) is 0 Å². The van der Waals surface area contributed by atoms with Crippen LogP contribution in [0.15, 0.2) is 23.0 Å². The van der Waals surface area contributed by atoms with Crippen molar-refractivity contribution in [3.63, 3.8) is 0 Å². The van der Waals surface area contributed by atoms with Gasteiger partial charge in [-0.05, 0) is 25.2 Å². The van der Waals surface area contributed by atoms with Crippen LogP contribution in [-0.4, -0.2) is 30.4 Å². The number of hydrogen-bond donors (Lipinski definition) is 0. The molecular weight excluding hydrogens is 280 g/mol. The first-order chi connectivity index (χ1) is 10.4. The van der Waals surface area contributed by atoms with E-state index >= 15 is 0 Å². The largest absolute Gasteiger partial charge is 0.396 e. The zero-order valence-corrected chi connectivity index (χ0v) is 14.2. The summed E-state index contributed by atoms with van der Waals surface area (Å²) in [4.78, 5) is 23.1. The van der Waals surface area contributed by atoms with Crippen LogP contribution in [0.3, 0.4) is 0 Å². The van der Waals surface area contributed by atoms with E-state index in [1.54, 1.807) is 6.08 Å². The fourth-order valence-corrected chi connectivity index (χ4v) is 2.70. The third kappa shape index (κ3) is 5.28. The number of carbonyl (C=O) groups is 1. The Labute approximate surface area is 133 Å². The number of ketones is 1. The molecule has 1 fully saturated rings. The third-order valence-electron chi connectivity index (χ3n) is 3.49. The molecule has 5 heteroatoms. The molecule has 0 amide bonds. The van der Waals surface area contributed by atoms with E-state index in [0.717, 1.165) is 24.3 Å². The highest BCUT2D eigenvalue weighted by Gasteiger charge is 2.41. The quantitative estimate of drug-likeness (QED) is 0.297. The van der Waals surface area contributed by atoms with E-state index in [2.05, 4.69) is 37.7 Å². The number of rotatable bonds is 8. The van der Waals surface area contributed by atoms with Crippen LogP contribution < -0.4 is 0 Å². The van der Waals surface area contributed by atoms with Gasteiger partial charge in [0.1, 0.15) is 24.9 Å². The van der Waals surface area contributed by atoms with E-state index < -0.39 is 5.92 Å². The number of nitrogens with zero attached hydrogens (tertiary/aromatic N) is 2. The predicted octanol–water partition coefficient (Wildman–Crippen LogP) is 3.74. The average Bonchev–Trinajstić information content (AvgIpc) is 2.43. The lowest BCUT2D eigenvalue weighted by Crippen LogP contribution is -2.42. The van der Waals surface area contributed by atoms with Crippen LogP contribution in [0.2, 0.25) is 0 Å². The highest BCUT2D eigenvalue weighted by Crippen LogP contribution is 2.35. The second-order valence-electron chi connectivity index (χ2n) is 6.33. The summed E-state index contributed by atoms with van der Waals surface area (Å²) in [6.07, 6.45) is 4.49. The average molecular weight is 308 g/mol. The Kier molecular flexibility index (Phi) is 7.28. The van der Waals surface area contributed by atoms with Crippen molar-refractivity contribution >= 4 is 17.2 Å². The van der Waals surface area contributed by atoms with Crippen LogP contribution in [0.4, 0.5) is 0 Å². The summed E-state index contributed by atoms with van der Waals surface area (Å²) in [5.74, 6) is -0.270. The van der Waals surface area contributed by atoms with Crippen molar-refractivity contribution in [3.05, 3.63) is 12.7 Å². The standard InChI is InChI=1S/C17H28N2O3/c1-6-9-13(18-22-10-7-2)16-14(19-21-8-3)11-17(4,5)12-15(16)20/h7,16H,2,6,8-12H2,1,3-5H3/b18-13+,19-14+. The second kappa shape index (κ2) is 8.71. The SMILES string of the molecule is C=CCO/N=C(\CCC)C1C(=O)CC(C)(C)C/C1=N\OCC. The van der Waals surface area contributed by atoms with Gasteiger partial charge in [-0.3, -0.25) is 4.79 Å². The topological polar surface area (TPSA) is 60.2 Å². The smallest absolute Gasteiger partial charge is 0.148 e. The van der Waals surface area contributed by atoms with Crippen molar-refractivity contribution in [1.82, 2.24) is 0 Å². The first-order valence-electron chi connectivity index (χ1n) is 7.96. The van der Waals surface area contributed by atoms with Gasteiger partial charge in [0.2, 0.25) is 0 Å². The zero-order valence-electron chi connectivity index (χ0n) is 14.2. The van der Waals surface area contributed by atoms with E-state index in [1.807, 2.05) is 6.92 Å². The van der Waals surface area contributed by atoms with Crippen LogP contribution in [0.25, 0.3) is 0 Å². The van der Waals surface area contributed by atoms with Gasteiger partial charge in [0, 0.05) is 6.42 Å². The molecule has 1 aliphatic carbocycles. The summed E-state index contributed by atoms with van der Waals surface area (Å²) in [5.41, 5.74) is 1.41. The number of hydrogen-bond acceptors (Lipinski definition) is 5. The summed E-state index contributed by atoms with van der Waals surface area (Å²) in [6, 6.07) is 0. The lowest BCUT2D eigenvalue weighted by atomic mass is 9.69. The molecule has 0 aromatic carbocycles. The van der Waals surface area contributed by atoms with Crippen molar-refractivity contribution in [3.8, 4) is 0 Å². The van der Waals surface area contributed by atoms with Gasteiger partial charge in [0.15, 0.2) is 0 Å². The molecule has 0 heterocycles. The lowest BCUT2D eigenvalue weighted by Gasteiger charge is -2.34. The Morgan fingerprint density at radius 1 is 1.36 bits per heavy atom. The molecule has 124 valence electrons. The predicted molar refractivity (Wildman–Crippen MR) is 89.1 cm³/mol.